The van der Waals surface area contributed by atoms with Gasteiger partial charge in [-0.25, -0.2) is 13.4 Å². The summed E-state index contributed by atoms with van der Waals surface area (Å²) in [6, 6.07) is 4.78. The van der Waals surface area contributed by atoms with E-state index in [2.05, 4.69) is 43.1 Å². The number of aromatic nitrogens is 3. The Morgan fingerprint density at radius 1 is 1.11 bits per heavy atom. The van der Waals surface area contributed by atoms with Gasteiger partial charge in [-0.05, 0) is 95.5 Å². The Morgan fingerprint density at radius 2 is 1.86 bits per heavy atom. The van der Waals surface area contributed by atoms with Crippen LogP contribution in [-0.2, 0) is 24.4 Å². The van der Waals surface area contributed by atoms with E-state index < -0.39 is 44.8 Å². The van der Waals surface area contributed by atoms with E-state index in [4.69, 9.17) is 38.4 Å². The van der Waals surface area contributed by atoms with Crippen molar-refractivity contribution in [2.75, 3.05) is 6.54 Å². The number of primary amides is 1. The summed E-state index contributed by atoms with van der Waals surface area (Å²) in [6.45, 7) is 10.1. The zero-order chi connectivity index (χ0) is 40.5. The fraction of sp³-hybridized carbons (Fsp3) is 0.590. The molecule has 3 heterocycles. The highest BCUT2D eigenvalue weighted by atomic mass is 32.2. The number of amides is 3. The fourth-order valence-corrected chi connectivity index (χ4v) is 9.71. The Kier molecular flexibility index (Phi) is 12.5. The molecule has 3 aromatic rings. The van der Waals surface area contributed by atoms with Crippen LogP contribution in [0.4, 0.5) is 0 Å². The van der Waals surface area contributed by atoms with E-state index in [1.807, 2.05) is 34.9 Å². The molecule has 3 fully saturated rings. The van der Waals surface area contributed by atoms with Gasteiger partial charge in [0.15, 0.2) is 5.11 Å². The second kappa shape index (κ2) is 16.8. The number of carbonyl (C=O) groups is 3. The van der Waals surface area contributed by atoms with Crippen LogP contribution in [0.5, 0.6) is 6.01 Å². The zero-order valence-corrected chi connectivity index (χ0v) is 35.1. The summed E-state index contributed by atoms with van der Waals surface area (Å²) in [5.41, 5.74) is 15.3. The molecule has 5 unspecified atom stereocenters. The normalized spacial score (nSPS) is 22.2. The van der Waals surface area contributed by atoms with Gasteiger partial charge in [0, 0.05) is 29.3 Å². The summed E-state index contributed by atoms with van der Waals surface area (Å²) in [5, 5.41) is 5.87. The number of para-hydroxylation sites is 1. The van der Waals surface area contributed by atoms with E-state index >= 15 is 0 Å². The van der Waals surface area contributed by atoms with Gasteiger partial charge in [-0.15, -0.1) is 11.3 Å². The quantitative estimate of drug-likeness (QED) is 0.0760. The summed E-state index contributed by atoms with van der Waals surface area (Å²) < 4.78 is 34.8. The number of allylic oxidation sites excluding steroid dienone is 2. The predicted molar refractivity (Wildman–Crippen MR) is 221 cm³/mol. The average Bonchev–Trinajstić information content (AvgIpc) is 3.88. The first-order chi connectivity index (χ1) is 26.5. The molecule has 2 aliphatic carbocycles. The van der Waals surface area contributed by atoms with Gasteiger partial charge in [0.25, 0.3) is 6.01 Å². The molecular weight excluding hydrogens is 773 g/mol. The molecule has 6 N–H and O–H groups in total. The van der Waals surface area contributed by atoms with Gasteiger partial charge in [0.1, 0.15) is 28.7 Å². The Labute approximate surface area is 338 Å². The molecule has 0 spiro atoms. The minimum absolute atomic E-state index is 0.00664. The number of rotatable bonds is 18. The van der Waals surface area contributed by atoms with Crippen LogP contribution in [0, 0.1) is 11.8 Å². The van der Waals surface area contributed by atoms with Crippen molar-refractivity contribution in [3.05, 3.63) is 41.4 Å². The molecule has 3 amide bonds. The zero-order valence-electron chi connectivity index (χ0n) is 32.7. The minimum atomic E-state index is -3.63. The van der Waals surface area contributed by atoms with Gasteiger partial charge in [-0.1, -0.05) is 44.9 Å². The molecule has 14 nitrogen and oxygen atoms in total. The standard InChI is InChI=1S/C39H54N8O6S3/c1-22(2)29-21-55-35(42-29)26-13-11-15-30-32(26)44-38(47(30)23(3)4)53-25-19-31(33(40)48)46(20-25)36(50)28(43-37(41)54)14-10-8-6-7-9-12-24-18-27(24)34(49)45-56(51,52)39(5)16-17-39/h9,11-13,15,21-25,27-28,31H,6-8,10,14,16-20H2,1-5H3,(H2,40,48)(H,45,49)(H3,41,43,54). The van der Waals surface area contributed by atoms with Crippen LogP contribution in [0.2, 0.25) is 0 Å². The second-order valence-electron chi connectivity index (χ2n) is 16.2. The molecule has 1 aromatic carbocycles. The van der Waals surface area contributed by atoms with Crippen molar-refractivity contribution in [2.24, 2.45) is 23.3 Å². The van der Waals surface area contributed by atoms with E-state index in [1.165, 1.54) is 4.90 Å². The number of nitrogens with zero attached hydrogens (tertiary/aromatic N) is 4. The van der Waals surface area contributed by atoms with Crippen LogP contribution in [-0.4, -0.2) is 80.2 Å². The van der Waals surface area contributed by atoms with E-state index in [9.17, 15) is 22.8 Å². The van der Waals surface area contributed by atoms with Gasteiger partial charge in [-0.3, -0.25) is 23.7 Å². The Bertz CT molecular complexity index is 2110. The van der Waals surface area contributed by atoms with Crippen molar-refractivity contribution < 1.29 is 27.5 Å². The number of benzene rings is 1. The van der Waals surface area contributed by atoms with Crippen LogP contribution in [0.3, 0.4) is 0 Å². The Balaban J connectivity index is 1.04. The molecule has 5 atom stereocenters. The summed E-state index contributed by atoms with van der Waals surface area (Å²) >= 11 is 6.71. The number of thiazole rings is 1. The van der Waals surface area contributed by atoms with Gasteiger partial charge >= 0.3 is 0 Å². The Hall–Kier alpha value is -4.09. The minimum Gasteiger partial charge on any atom is -0.459 e. The predicted octanol–water partition coefficient (Wildman–Crippen LogP) is 5.04. The molecular formula is C39H54N8O6S3. The van der Waals surface area contributed by atoms with E-state index in [1.54, 1.807) is 18.3 Å². The fourth-order valence-electron chi connectivity index (χ4n) is 7.26. The molecule has 17 heteroatoms. The molecule has 304 valence electrons. The number of hydrogen-bond acceptors (Lipinski definition) is 10. The number of likely N-dealkylation sites (tertiary alicyclic amines) is 1. The summed E-state index contributed by atoms with van der Waals surface area (Å²) in [5.74, 6) is -1.32. The van der Waals surface area contributed by atoms with Crippen molar-refractivity contribution in [3.8, 4) is 16.6 Å². The molecule has 1 aliphatic heterocycles. The maximum absolute atomic E-state index is 14.0. The largest absolute Gasteiger partial charge is 0.459 e. The molecule has 2 saturated carbocycles. The van der Waals surface area contributed by atoms with Crippen molar-refractivity contribution in [3.63, 3.8) is 0 Å². The van der Waals surface area contributed by atoms with E-state index in [0.29, 0.717) is 44.0 Å². The third-order valence-corrected chi connectivity index (χ3v) is 14.3. The van der Waals surface area contributed by atoms with Gasteiger partial charge in [0.2, 0.25) is 27.7 Å². The molecule has 3 aliphatic rings. The highest BCUT2D eigenvalue weighted by molar-refractivity contribution is 7.91. The van der Waals surface area contributed by atoms with Crippen molar-refractivity contribution >= 4 is 67.4 Å². The lowest BCUT2D eigenvalue weighted by Gasteiger charge is -2.27. The van der Waals surface area contributed by atoms with E-state index in [-0.39, 0.29) is 41.9 Å². The lowest BCUT2D eigenvalue weighted by molar-refractivity contribution is -0.139. The van der Waals surface area contributed by atoms with Gasteiger partial charge in [0.05, 0.1) is 22.5 Å². The number of thiocarbonyl (C=S) groups is 1. The molecule has 0 radical (unpaired) electrons. The van der Waals surface area contributed by atoms with Crippen LogP contribution in [0.1, 0.15) is 110 Å². The topological polar surface area (TPSA) is 205 Å². The van der Waals surface area contributed by atoms with Crippen LogP contribution >= 0.6 is 23.6 Å². The number of unbranched alkanes of at least 4 members (excludes halogenated alkanes) is 3. The lowest BCUT2D eigenvalue weighted by Crippen LogP contribution is -2.53. The number of sulfonamides is 1. The van der Waals surface area contributed by atoms with Crippen LogP contribution in [0.25, 0.3) is 21.6 Å². The maximum atomic E-state index is 14.0. The Morgan fingerprint density at radius 3 is 2.50 bits per heavy atom. The third-order valence-electron chi connectivity index (χ3n) is 11.1. The number of carbonyl (C=O) groups excluding carboxylic acids is 3. The van der Waals surface area contributed by atoms with Crippen LogP contribution in [0.15, 0.2) is 35.7 Å². The maximum Gasteiger partial charge on any atom is 0.297 e. The number of fused-ring (bicyclic) bond motifs is 1. The number of ether oxygens (including phenoxy) is 1. The molecule has 1 saturated heterocycles. The van der Waals surface area contributed by atoms with Crippen molar-refractivity contribution in [1.82, 2.24) is 29.5 Å². The summed E-state index contributed by atoms with van der Waals surface area (Å²) in [4.78, 5) is 50.5. The number of imidazole rings is 1. The average molecular weight is 827 g/mol. The van der Waals surface area contributed by atoms with Crippen molar-refractivity contribution in [1.29, 1.82) is 0 Å². The van der Waals surface area contributed by atoms with Gasteiger partial charge < -0.3 is 26.4 Å². The monoisotopic (exact) mass is 826 g/mol. The smallest absolute Gasteiger partial charge is 0.297 e. The highest BCUT2D eigenvalue weighted by Crippen LogP contribution is 2.44. The first-order valence-corrected chi connectivity index (χ1v) is 22.3. The molecule has 2 aromatic heterocycles. The summed E-state index contributed by atoms with van der Waals surface area (Å²) in [7, 11) is -3.63. The van der Waals surface area contributed by atoms with Gasteiger partial charge in [-0.2, -0.15) is 4.98 Å². The SMILES string of the molecule is CC(C)c1csc(-c2cccc3c2nc(OC2CC(C(N)=O)N(C(=O)C(CCCCCC=CC4CC4C(=O)NS(=O)(=O)C4(C)CC4)NC(N)=S)C2)n3C(C)C)n1. The first kappa shape index (κ1) is 41.5. The number of hydrogen-bond donors (Lipinski definition) is 4. The van der Waals surface area contributed by atoms with E-state index in [0.717, 1.165) is 46.6 Å². The summed E-state index contributed by atoms with van der Waals surface area (Å²) in [6.07, 6.45) is 9.07. The number of nitrogens with one attached hydrogen (secondary N) is 2. The van der Waals surface area contributed by atoms with Crippen LogP contribution < -0.4 is 26.2 Å². The van der Waals surface area contributed by atoms with Crippen molar-refractivity contribution in [2.45, 2.75) is 127 Å². The highest BCUT2D eigenvalue weighted by Gasteiger charge is 2.52. The second-order valence-corrected chi connectivity index (χ2v) is 19.7. The first-order valence-electron chi connectivity index (χ1n) is 19.5. The lowest BCUT2D eigenvalue weighted by atomic mass is 10.0. The number of nitrogens with two attached hydrogens (primary N) is 2. The molecule has 6 rings (SSSR count). The molecule has 56 heavy (non-hydrogen) atoms. The third kappa shape index (κ3) is 9.20. The molecule has 0 bridgehead atoms.